The second-order valence-corrected chi connectivity index (χ2v) is 11.8. The Kier molecular flexibility index (Phi) is 4.87. The van der Waals surface area contributed by atoms with Crippen LogP contribution in [0.5, 0.6) is 0 Å². The van der Waals surface area contributed by atoms with Gasteiger partial charge in [0.1, 0.15) is 5.60 Å². The first kappa shape index (κ1) is 21.2. The van der Waals surface area contributed by atoms with Gasteiger partial charge in [-0.15, -0.1) is 5.73 Å². The maximum atomic E-state index is 11.7. The highest BCUT2D eigenvalue weighted by Gasteiger charge is 2.72. The summed E-state index contributed by atoms with van der Waals surface area (Å²) in [4.78, 5) is 0. The highest BCUT2D eigenvalue weighted by atomic mass is 16.7. The molecule has 0 bridgehead atoms. The Morgan fingerprint density at radius 3 is 2.75 bits per heavy atom. The molecule has 0 aromatic carbocycles. The summed E-state index contributed by atoms with van der Waals surface area (Å²) in [5.74, 6) is 1.46. The van der Waals surface area contributed by atoms with Gasteiger partial charge in [0.15, 0.2) is 6.29 Å². The van der Waals surface area contributed by atoms with E-state index in [1.165, 1.54) is 31.1 Å². The maximum absolute atomic E-state index is 11.7. The quantitative estimate of drug-likeness (QED) is 0.436. The fraction of sp³-hybridized carbons (Fsp3) is 0.750. The van der Waals surface area contributed by atoms with Crippen LogP contribution in [0.2, 0.25) is 0 Å². The van der Waals surface area contributed by atoms with Crippen molar-refractivity contribution in [2.45, 2.75) is 95.7 Å². The predicted octanol–water partition coefficient (Wildman–Crippen LogP) is 5.59. The summed E-state index contributed by atoms with van der Waals surface area (Å²) in [6.07, 6.45) is 18.7. The molecule has 4 heteroatoms. The van der Waals surface area contributed by atoms with E-state index in [4.69, 9.17) is 9.47 Å². The number of hydrogen-bond donors (Lipinski definition) is 2. The highest BCUT2D eigenvalue weighted by molar-refractivity contribution is 5.35. The largest absolute Gasteiger partial charge is 0.516 e. The lowest BCUT2D eigenvalue weighted by Crippen LogP contribution is -2.60. The Hall–Kier alpha value is -1.32. The van der Waals surface area contributed by atoms with E-state index in [0.717, 1.165) is 32.1 Å². The number of aliphatic hydroxyl groups is 2. The van der Waals surface area contributed by atoms with Gasteiger partial charge >= 0.3 is 0 Å². The van der Waals surface area contributed by atoms with E-state index < -0.39 is 11.7 Å². The van der Waals surface area contributed by atoms with Crippen molar-refractivity contribution in [2.24, 2.45) is 34.5 Å². The van der Waals surface area contributed by atoms with Crippen molar-refractivity contribution >= 4 is 0 Å². The number of fused-ring (bicyclic) bond motifs is 7. The molecule has 9 atom stereocenters. The number of aliphatic hydroxyl groups excluding tert-OH is 2. The van der Waals surface area contributed by atoms with Crippen molar-refractivity contribution in [3.8, 4) is 0 Å². The van der Waals surface area contributed by atoms with Gasteiger partial charge in [-0.05, 0) is 68.1 Å². The predicted molar refractivity (Wildman–Crippen MR) is 123 cm³/mol. The van der Waals surface area contributed by atoms with E-state index in [1.807, 2.05) is 12.2 Å². The fourth-order valence-corrected chi connectivity index (χ4v) is 9.03. The minimum absolute atomic E-state index is 0.0506. The minimum Gasteiger partial charge on any atom is -0.516 e. The molecule has 0 radical (unpaired) electrons. The van der Waals surface area contributed by atoms with Crippen LogP contribution in [0.15, 0.2) is 41.9 Å². The zero-order valence-corrected chi connectivity index (χ0v) is 19.5. The summed E-state index contributed by atoms with van der Waals surface area (Å²) in [6, 6.07) is 0. The number of ether oxygens (including phenoxy) is 2. The molecule has 0 aromatic heterocycles. The average Bonchev–Trinajstić information content (AvgIpc) is 3.26. The van der Waals surface area contributed by atoms with Gasteiger partial charge in [-0.2, -0.15) is 0 Å². The Bertz CT molecular complexity index is 893. The molecule has 5 fully saturated rings. The first-order valence-corrected chi connectivity index (χ1v) is 12.9. The van der Waals surface area contributed by atoms with Crippen LogP contribution >= 0.6 is 0 Å². The van der Waals surface area contributed by atoms with Crippen LogP contribution in [0.25, 0.3) is 0 Å². The number of hydrogen-bond acceptors (Lipinski definition) is 4. The van der Waals surface area contributed by atoms with Crippen molar-refractivity contribution in [1.29, 1.82) is 0 Å². The van der Waals surface area contributed by atoms with Gasteiger partial charge in [-0.3, -0.25) is 0 Å². The average molecular weight is 439 g/mol. The Morgan fingerprint density at radius 1 is 1.16 bits per heavy atom. The van der Waals surface area contributed by atoms with Crippen LogP contribution in [-0.4, -0.2) is 34.3 Å². The molecule has 0 amide bonds. The monoisotopic (exact) mass is 438 g/mol. The summed E-state index contributed by atoms with van der Waals surface area (Å²) in [5, 5.41) is 21.6. The van der Waals surface area contributed by atoms with E-state index in [2.05, 4.69) is 31.7 Å². The summed E-state index contributed by atoms with van der Waals surface area (Å²) in [7, 11) is 0. The lowest BCUT2D eigenvalue weighted by Gasteiger charge is -2.59. The molecule has 32 heavy (non-hydrogen) atoms. The van der Waals surface area contributed by atoms with Crippen molar-refractivity contribution in [1.82, 2.24) is 0 Å². The lowest BCUT2D eigenvalue weighted by molar-refractivity contribution is -0.194. The van der Waals surface area contributed by atoms with Gasteiger partial charge < -0.3 is 19.7 Å². The van der Waals surface area contributed by atoms with Crippen LogP contribution < -0.4 is 0 Å². The van der Waals surface area contributed by atoms with E-state index in [1.54, 1.807) is 0 Å². The zero-order valence-electron chi connectivity index (χ0n) is 19.5. The van der Waals surface area contributed by atoms with Gasteiger partial charge in [0.05, 0.1) is 18.5 Å². The van der Waals surface area contributed by atoms with E-state index >= 15 is 0 Å². The zero-order chi connectivity index (χ0) is 22.1. The fourth-order valence-electron chi connectivity index (χ4n) is 9.03. The van der Waals surface area contributed by atoms with E-state index in [9.17, 15) is 10.2 Å². The van der Waals surface area contributed by atoms with Gasteiger partial charge in [0, 0.05) is 22.7 Å². The van der Waals surface area contributed by atoms with Gasteiger partial charge in [-0.1, -0.05) is 45.3 Å². The van der Waals surface area contributed by atoms with Crippen molar-refractivity contribution < 1.29 is 19.7 Å². The van der Waals surface area contributed by atoms with Crippen LogP contribution in [0.4, 0.5) is 0 Å². The number of rotatable bonds is 2. The molecule has 2 N–H and O–H groups in total. The van der Waals surface area contributed by atoms with E-state index in [0.29, 0.717) is 24.2 Å². The second kappa shape index (κ2) is 7.34. The molecule has 1 aliphatic heterocycles. The molecule has 0 unspecified atom stereocenters. The molecule has 5 aliphatic carbocycles. The SMILES string of the molecule is C[C@]12C=CC=C=C1CC[C@@H]1[C@@H]2[C@@H](O)C[C@@]2(C)[C@H]1C[C@@H]1O[C@@H](C3CCCCC3)O[C@]12C=CO. The molecule has 6 rings (SSSR count). The molecular formula is C28H38O4. The molecule has 1 saturated heterocycles. The molecule has 0 aromatic rings. The summed E-state index contributed by atoms with van der Waals surface area (Å²) >= 11 is 0. The molecule has 6 aliphatic rings. The van der Waals surface area contributed by atoms with Gasteiger partial charge in [0.25, 0.3) is 0 Å². The smallest absolute Gasteiger partial charge is 0.162 e. The molecule has 4 saturated carbocycles. The van der Waals surface area contributed by atoms with Crippen LogP contribution in [0.3, 0.4) is 0 Å². The van der Waals surface area contributed by atoms with Gasteiger partial charge in [0.2, 0.25) is 0 Å². The third-order valence-electron chi connectivity index (χ3n) is 10.5. The van der Waals surface area contributed by atoms with Gasteiger partial charge in [-0.25, -0.2) is 0 Å². The first-order chi connectivity index (χ1) is 15.4. The van der Waals surface area contributed by atoms with Crippen LogP contribution in [0, 0.1) is 34.5 Å². The summed E-state index contributed by atoms with van der Waals surface area (Å²) in [5.41, 5.74) is 3.81. The van der Waals surface area contributed by atoms with E-state index in [-0.39, 0.29) is 29.1 Å². The third-order valence-corrected chi connectivity index (χ3v) is 10.5. The highest BCUT2D eigenvalue weighted by Crippen LogP contribution is 2.70. The van der Waals surface area contributed by atoms with Crippen molar-refractivity contribution in [3.63, 3.8) is 0 Å². The number of allylic oxidation sites excluding steroid dienone is 3. The normalized spacial score (nSPS) is 52.4. The van der Waals surface area contributed by atoms with Crippen LogP contribution in [0.1, 0.15) is 71.6 Å². The standard InChI is InChI=1S/C28H38O4/c1-26-13-7-6-10-19(26)11-12-20-21-16-23-28(14-15-29,27(21,2)17-22(30)24(20)26)32-25(31-23)18-8-4-3-5-9-18/h6-7,13-15,18,20-25,29-30H,3-5,8-9,11-12,16-17H2,1-2H3/t20-,21-,22-,23-,24+,25+,26-,27-,28+/m0/s1. The molecule has 0 spiro atoms. The molecule has 4 nitrogen and oxygen atoms in total. The van der Waals surface area contributed by atoms with Crippen LogP contribution in [-0.2, 0) is 9.47 Å². The maximum Gasteiger partial charge on any atom is 0.162 e. The third kappa shape index (κ3) is 2.67. The second-order valence-electron chi connectivity index (χ2n) is 11.8. The van der Waals surface area contributed by atoms with Crippen molar-refractivity contribution in [3.05, 3.63) is 41.9 Å². The van der Waals surface area contributed by atoms with Crippen molar-refractivity contribution in [2.75, 3.05) is 0 Å². The Balaban J connectivity index is 1.36. The Morgan fingerprint density at radius 2 is 1.97 bits per heavy atom. The lowest BCUT2D eigenvalue weighted by atomic mass is 9.46. The topological polar surface area (TPSA) is 58.9 Å². The molecule has 1 heterocycles. The summed E-state index contributed by atoms with van der Waals surface area (Å²) in [6.45, 7) is 4.60. The molecular weight excluding hydrogens is 400 g/mol. The molecule has 174 valence electrons. The first-order valence-electron chi connectivity index (χ1n) is 12.9. The summed E-state index contributed by atoms with van der Waals surface area (Å²) < 4.78 is 13.6. The Labute approximate surface area is 192 Å². The minimum atomic E-state index is -0.653.